The first-order valence-corrected chi connectivity index (χ1v) is 8.29. The maximum absolute atomic E-state index is 12.9. The van der Waals surface area contributed by atoms with Gasteiger partial charge in [-0.15, -0.1) is 12.4 Å². The Bertz CT molecular complexity index is 672. The van der Waals surface area contributed by atoms with Gasteiger partial charge in [0.05, 0.1) is 0 Å². The Morgan fingerprint density at radius 3 is 2.72 bits per heavy atom. The molecule has 0 unspecified atom stereocenters. The third-order valence-corrected chi connectivity index (χ3v) is 4.07. The molecule has 2 heterocycles. The third-order valence-electron chi connectivity index (χ3n) is 4.07. The first-order valence-electron chi connectivity index (χ1n) is 8.29. The molecule has 2 aromatic rings. The van der Waals surface area contributed by atoms with Crippen LogP contribution < -0.4 is 10.6 Å². The molecule has 6 nitrogen and oxygen atoms in total. The van der Waals surface area contributed by atoms with Crippen molar-refractivity contribution in [3.8, 4) is 11.4 Å². The van der Waals surface area contributed by atoms with Crippen molar-refractivity contribution < 1.29 is 13.7 Å². The predicted molar refractivity (Wildman–Crippen MR) is 93.9 cm³/mol. The van der Waals surface area contributed by atoms with Crippen LogP contribution in [0, 0.1) is 5.82 Å². The summed E-state index contributed by atoms with van der Waals surface area (Å²) in [6.07, 6.45) is 3.61. The molecule has 25 heavy (non-hydrogen) atoms. The van der Waals surface area contributed by atoms with Crippen LogP contribution in [-0.2, 0) is 11.2 Å². The molecule has 0 saturated carbocycles. The molecule has 1 aliphatic heterocycles. The van der Waals surface area contributed by atoms with E-state index in [2.05, 4.69) is 20.8 Å². The van der Waals surface area contributed by atoms with Crippen molar-refractivity contribution in [2.24, 2.45) is 0 Å². The van der Waals surface area contributed by atoms with Gasteiger partial charge in [0.1, 0.15) is 5.82 Å². The van der Waals surface area contributed by atoms with Gasteiger partial charge in [-0.1, -0.05) is 5.16 Å². The van der Waals surface area contributed by atoms with Crippen LogP contribution in [0.5, 0.6) is 0 Å². The number of halogens is 2. The molecule has 1 aromatic heterocycles. The highest BCUT2D eigenvalue weighted by Gasteiger charge is 2.15. The Morgan fingerprint density at radius 1 is 1.28 bits per heavy atom. The summed E-state index contributed by atoms with van der Waals surface area (Å²) in [5, 5.41) is 10.2. The Balaban J connectivity index is 0.00000225. The van der Waals surface area contributed by atoms with E-state index in [4.69, 9.17) is 4.52 Å². The lowest BCUT2D eigenvalue weighted by atomic mass is 10.1. The summed E-state index contributed by atoms with van der Waals surface area (Å²) in [4.78, 5) is 16.2. The van der Waals surface area contributed by atoms with Gasteiger partial charge in [0.15, 0.2) is 0 Å². The van der Waals surface area contributed by atoms with Crippen molar-refractivity contribution in [1.82, 2.24) is 20.8 Å². The van der Waals surface area contributed by atoms with Crippen LogP contribution in [-0.4, -0.2) is 35.2 Å². The van der Waals surface area contributed by atoms with Crippen LogP contribution in [0.2, 0.25) is 0 Å². The van der Waals surface area contributed by atoms with E-state index in [0.29, 0.717) is 36.5 Å². The number of carbonyl (C=O) groups excluding carboxylic acids is 1. The SMILES string of the molecule is Cl.O=C(CCCc1nc(-c2ccc(F)cc2)no1)NC1CCNCC1. The molecule has 1 saturated heterocycles. The third kappa shape index (κ3) is 5.79. The number of benzene rings is 1. The topological polar surface area (TPSA) is 80.0 Å². The highest BCUT2D eigenvalue weighted by molar-refractivity contribution is 5.85. The van der Waals surface area contributed by atoms with Crippen LogP contribution in [0.4, 0.5) is 4.39 Å². The van der Waals surface area contributed by atoms with Gasteiger partial charge in [0, 0.05) is 24.4 Å². The highest BCUT2D eigenvalue weighted by Crippen LogP contribution is 2.16. The largest absolute Gasteiger partial charge is 0.353 e. The average Bonchev–Trinajstić information content (AvgIpc) is 3.05. The number of nitrogens with zero attached hydrogens (tertiary/aromatic N) is 2. The van der Waals surface area contributed by atoms with Gasteiger partial charge in [-0.2, -0.15) is 4.98 Å². The molecule has 1 fully saturated rings. The van der Waals surface area contributed by atoms with E-state index in [1.807, 2.05) is 0 Å². The molecular weight excluding hydrogens is 347 g/mol. The summed E-state index contributed by atoms with van der Waals surface area (Å²) in [6.45, 7) is 1.91. The number of nitrogens with one attached hydrogen (secondary N) is 2. The van der Waals surface area contributed by atoms with E-state index in [1.54, 1.807) is 12.1 Å². The number of hydrogen-bond donors (Lipinski definition) is 2. The quantitative estimate of drug-likeness (QED) is 0.818. The zero-order chi connectivity index (χ0) is 16.8. The smallest absolute Gasteiger partial charge is 0.226 e. The van der Waals surface area contributed by atoms with Gasteiger partial charge in [0.2, 0.25) is 17.6 Å². The number of aryl methyl sites for hydroxylation is 1. The maximum Gasteiger partial charge on any atom is 0.226 e. The van der Waals surface area contributed by atoms with Gasteiger partial charge in [-0.25, -0.2) is 4.39 Å². The second-order valence-corrected chi connectivity index (χ2v) is 5.96. The normalized spacial score (nSPS) is 14.8. The van der Waals surface area contributed by atoms with E-state index in [-0.39, 0.29) is 30.2 Å². The second kappa shape index (κ2) is 9.48. The summed E-state index contributed by atoms with van der Waals surface area (Å²) < 4.78 is 18.1. The van der Waals surface area contributed by atoms with E-state index in [9.17, 15) is 9.18 Å². The van der Waals surface area contributed by atoms with Gasteiger partial charge in [-0.3, -0.25) is 4.79 Å². The van der Waals surface area contributed by atoms with E-state index < -0.39 is 0 Å². The van der Waals surface area contributed by atoms with Gasteiger partial charge >= 0.3 is 0 Å². The van der Waals surface area contributed by atoms with Crippen molar-refractivity contribution in [2.45, 2.75) is 38.1 Å². The Labute approximate surface area is 152 Å². The summed E-state index contributed by atoms with van der Waals surface area (Å²) >= 11 is 0. The fourth-order valence-corrected chi connectivity index (χ4v) is 2.74. The number of aromatic nitrogens is 2. The molecule has 1 aliphatic rings. The molecule has 8 heteroatoms. The number of amides is 1. The second-order valence-electron chi connectivity index (χ2n) is 5.96. The first kappa shape index (κ1) is 19.3. The fraction of sp³-hybridized carbons (Fsp3) is 0.471. The van der Waals surface area contributed by atoms with Crippen molar-refractivity contribution in [2.75, 3.05) is 13.1 Å². The zero-order valence-electron chi connectivity index (χ0n) is 13.8. The Kier molecular flexibility index (Phi) is 7.33. The molecule has 0 radical (unpaired) electrons. The van der Waals surface area contributed by atoms with Crippen LogP contribution in [0.1, 0.15) is 31.6 Å². The molecule has 0 bridgehead atoms. The van der Waals surface area contributed by atoms with E-state index in [1.165, 1.54) is 12.1 Å². The first-order chi connectivity index (χ1) is 11.7. The Hall–Kier alpha value is -1.99. The molecule has 1 aromatic carbocycles. The maximum atomic E-state index is 12.9. The van der Waals surface area contributed by atoms with Gasteiger partial charge < -0.3 is 15.2 Å². The Morgan fingerprint density at radius 2 is 2.00 bits per heavy atom. The number of hydrogen-bond acceptors (Lipinski definition) is 5. The summed E-state index contributed by atoms with van der Waals surface area (Å²) in [5.41, 5.74) is 0.704. The standard InChI is InChI=1S/C17H21FN4O2.ClH/c18-13-6-4-12(5-7-13)17-21-16(24-22-17)3-1-2-15(23)20-14-8-10-19-11-9-14;/h4-7,14,19H,1-3,8-11H2,(H,20,23);1H. The van der Waals surface area contributed by atoms with Gasteiger partial charge in [-0.05, 0) is 56.6 Å². The number of carbonyl (C=O) groups is 1. The molecular formula is C17H22ClFN4O2. The molecule has 136 valence electrons. The lowest BCUT2D eigenvalue weighted by Crippen LogP contribution is -2.42. The average molecular weight is 369 g/mol. The van der Waals surface area contributed by atoms with Gasteiger partial charge in [0.25, 0.3) is 0 Å². The van der Waals surface area contributed by atoms with E-state index in [0.717, 1.165) is 25.9 Å². The van der Waals surface area contributed by atoms with Crippen LogP contribution in [0.3, 0.4) is 0 Å². The van der Waals surface area contributed by atoms with Crippen LogP contribution in [0.25, 0.3) is 11.4 Å². The van der Waals surface area contributed by atoms with Crippen LogP contribution >= 0.6 is 12.4 Å². The highest BCUT2D eigenvalue weighted by atomic mass is 35.5. The van der Waals surface area contributed by atoms with Crippen molar-refractivity contribution in [1.29, 1.82) is 0 Å². The zero-order valence-corrected chi connectivity index (χ0v) is 14.7. The summed E-state index contributed by atoms with van der Waals surface area (Å²) in [6, 6.07) is 6.21. The molecule has 2 N–H and O–H groups in total. The van der Waals surface area contributed by atoms with E-state index >= 15 is 0 Å². The molecule has 0 atom stereocenters. The molecule has 3 rings (SSSR count). The lowest BCUT2D eigenvalue weighted by Gasteiger charge is -2.23. The monoisotopic (exact) mass is 368 g/mol. The molecule has 0 spiro atoms. The van der Waals surface area contributed by atoms with Crippen LogP contribution in [0.15, 0.2) is 28.8 Å². The fourth-order valence-electron chi connectivity index (χ4n) is 2.74. The molecule has 1 amide bonds. The minimum atomic E-state index is -0.303. The summed E-state index contributed by atoms with van der Waals surface area (Å²) in [5.74, 6) is 0.690. The minimum absolute atomic E-state index is 0. The predicted octanol–water partition coefficient (Wildman–Crippen LogP) is 2.49. The number of rotatable bonds is 6. The minimum Gasteiger partial charge on any atom is -0.353 e. The van der Waals surface area contributed by atoms with Crippen molar-refractivity contribution in [3.05, 3.63) is 36.0 Å². The van der Waals surface area contributed by atoms with Crippen molar-refractivity contribution >= 4 is 18.3 Å². The van der Waals surface area contributed by atoms with Crippen molar-refractivity contribution in [3.63, 3.8) is 0 Å². The summed E-state index contributed by atoms with van der Waals surface area (Å²) in [7, 11) is 0. The lowest BCUT2D eigenvalue weighted by molar-refractivity contribution is -0.122. The number of piperidine rings is 1. The molecule has 0 aliphatic carbocycles.